The van der Waals surface area contributed by atoms with Crippen molar-refractivity contribution in [3.8, 4) is 0 Å². The van der Waals surface area contributed by atoms with Crippen molar-refractivity contribution in [2.45, 2.75) is 13.8 Å². The van der Waals surface area contributed by atoms with E-state index >= 15 is 0 Å². The minimum absolute atomic E-state index is 0.163. The summed E-state index contributed by atoms with van der Waals surface area (Å²) in [7, 11) is 0. The maximum atomic E-state index is 13.1. The highest BCUT2D eigenvalue weighted by Gasteiger charge is 2.22. The van der Waals surface area contributed by atoms with Gasteiger partial charge < -0.3 is 0 Å². The van der Waals surface area contributed by atoms with E-state index in [1.165, 1.54) is 13.8 Å². The topological polar surface area (TPSA) is 98.1 Å². The van der Waals surface area contributed by atoms with Crippen LogP contribution in [0.3, 0.4) is 0 Å². The number of benzene rings is 2. The number of imide groups is 1. The van der Waals surface area contributed by atoms with E-state index in [0.29, 0.717) is 10.9 Å². The van der Waals surface area contributed by atoms with Crippen molar-refractivity contribution in [2.24, 2.45) is 0 Å². The average Bonchev–Trinajstić information content (AvgIpc) is 3.16. The number of carbonyl (C=O) groups is 2. The summed E-state index contributed by atoms with van der Waals surface area (Å²) in [5.74, 6) is -1.00. The molecule has 144 valence electrons. The molecule has 0 atom stereocenters. The number of rotatable bonds is 3. The molecule has 0 saturated carbocycles. The maximum Gasteiger partial charge on any atom is 0.281 e. The lowest BCUT2D eigenvalue weighted by atomic mass is 10.2. The second-order valence-corrected chi connectivity index (χ2v) is 6.83. The Hall–Kier alpha value is -3.72. The molecule has 29 heavy (non-hydrogen) atoms. The second kappa shape index (κ2) is 7.36. The zero-order chi connectivity index (χ0) is 20.5. The van der Waals surface area contributed by atoms with E-state index in [9.17, 15) is 14.4 Å². The number of para-hydroxylation sites is 1. The minimum Gasteiger partial charge on any atom is -0.273 e. The molecule has 2 aromatic carbocycles. The molecule has 0 unspecified atom stereocenters. The van der Waals surface area contributed by atoms with Crippen LogP contribution in [0.15, 0.2) is 47.3 Å². The van der Waals surface area contributed by atoms with Crippen LogP contribution < -0.4 is 10.6 Å². The molecule has 0 aliphatic heterocycles. The first-order valence-corrected chi connectivity index (χ1v) is 9.42. The predicted octanol–water partition coefficient (Wildman–Crippen LogP) is 2.60. The van der Waals surface area contributed by atoms with Crippen molar-refractivity contribution in [3.05, 3.63) is 64.2 Å². The third-order valence-corrected chi connectivity index (χ3v) is 4.83. The molecule has 8 nitrogen and oxygen atoms in total. The van der Waals surface area contributed by atoms with E-state index in [4.69, 9.17) is 0 Å². The van der Waals surface area contributed by atoms with Crippen molar-refractivity contribution in [1.29, 1.82) is 0 Å². The molecule has 0 N–H and O–H groups in total. The molecule has 4 aromatic rings. The van der Waals surface area contributed by atoms with Crippen molar-refractivity contribution < 1.29 is 9.59 Å². The van der Waals surface area contributed by atoms with E-state index < -0.39 is 17.4 Å². The van der Waals surface area contributed by atoms with Crippen LogP contribution in [0.5, 0.6) is 0 Å². The summed E-state index contributed by atoms with van der Waals surface area (Å²) >= 11 is 1.13. The zero-order valence-corrected chi connectivity index (χ0v) is 16.4. The lowest BCUT2D eigenvalue weighted by Gasteiger charge is -2.21. The van der Waals surface area contributed by atoms with Crippen LogP contribution in [0.4, 0.5) is 0 Å². The van der Waals surface area contributed by atoms with E-state index in [0.717, 1.165) is 38.0 Å². The van der Waals surface area contributed by atoms with Gasteiger partial charge in [0.15, 0.2) is 5.82 Å². The maximum absolute atomic E-state index is 13.1. The van der Waals surface area contributed by atoms with Gasteiger partial charge in [0.05, 0.1) is 22.6 Å². The molecule has 0 saturated heterocycles. The Morgan fingerprint density at radius 1 is 0.966 bits per heavy atom. The van der Waals surface area contributed by atoms with Gasteiger partial charge in [-0.2, -0.15) is 18.4 Å². The van der Waals surface area contributed by atoms with Crippen LogP contribution in [0, 0.1) is 0 Å². The summed E-state index contributed by atoms with van der Waals surface area (Å²) in [5.41, 5.74) is 2.35. The second-order valence-electron chi connectivity index (χ2n) is 6.30. The van der Waals surface area contributed by atoms with Crippen molar-refractivity contribution in [1.82, 2.24) is 18.4 Å². The molecular weight excluding hydrogens is 390 g/mol. The molecule has 0 aliphatic carbocycles. The van der Waals surface area contributed by atoms with Crippen LogP contribution in [-0.4, -0.2) is 30.2 Å². The summed E-state index contributed by atoms with van der Waals surface area (Å²) in [6.07, 6.45) is 3.33. The Morgan fingerprint density at radius 2 is 1.69 bits per heavy atom. The van der Waals surface area contributed by atoms with E-state index in [2.05, 4.69) is 13.7 Å². The van der Waals surface area contributed by atoms with Crippen molar-refractivity contribution in [2.75, 3.05) is 5.01 Å². The third kappa shape index (κ3) is 3.43. The lowest BCUT2D eigenvalue weighted by molar-refractivity contribution is -0.126. The van der Waals surface area contributed by atoms with Crippen LogP contribution in [0.25, 0.3) is 34.1 Å². The molecule has 0 spiro atoms. The summed E-state index contributed by atoms with van der Waals surface area (Å²) in [6, 6.07) is 12.3. The van der Waals surface area contributed by atoms with Gasteiger partial charge in [0.2, 0.25) is 11.8 Å². The Kier molecular flexibility index (Phi) is 4.73. The van der Waals surface area contributed by atoms with E-state index in [-0.39, 0.29) is 5.82 Å². The highest BCUT2D eigenvalue weighted by molar-refractivity contribution is 7.00. The molecule has 2 aromatic heterocycles. The fourth-order valence-electron chi connectivity index (χ4n) is 3.02. The van der Waals surface area contributed by atoms with E-state index in [1.807, 2.05) is 18.2 Å². The summed E-state index contributed by atoms with van der Waals surface area (Å²) in [4.78, 5) is 41.8. The Morgan fingerprint density at radius 3 is 2.45 bits per heavy atom. The monoisotopic (exact) mass is 405 g/mol. The summed E-state index contributed by atoms with van der Waals surface area (Å²) in [6.45, 7) is 2.44. The third-order valence-electron chi connectivity index (χ3n) is 4.28. The minimum atomic E-state index is -0.582. The van der Waals surface area contributed by atoms with Gasteiger partial charge in [0.1, 0.15) is 11.0 Å². The van der Waals surface area contributed by atoms with Gasteiger partial charge in [-0.1, -0.05) is 24.3 Å². The van der Waals surface area contributed by atoms with Gasteiger partial charge in [0.25, 0.3) is 5.56 Å². The molecule has 2 amide bonds. The Bertz CT molecular complexity index is 1340. The summed E-state index contributed by atoms with van der Waals surface area (Å²) in [5, 5.41) is 1.10. The highest BCUT2D eigenvalue weighted by atomic mass is 32.1. The normalized spacial score (nSPS) is 11.4. The average molecular weight is 405 g/mol. The smallest absolute Gasteiger partial charge is 0.273 e. The van der Waals surface area contributed by atoms with Gasteiger partial charge in [0, 0.05) is 13.8 Å². The fraction of sp³-hybridized carbons (Fsp3) is 0.100. The molecule has 0 fully saturated rings. The van der Waals surface area contributed by atoms with E-state index in [1.54, 1.807) is 36.4 Å². The van der Waals surface area contributed by atoms with Crippen LogP contribution >= 0.6 is 11.7 Å². The number of fused-ring (bicyclic) bond motifs is 2. The van der Waals surface area contributed by atoms with Crippen molar-refractivity contribution in [3.63, 3.8) is 0 Å². The molecule has 2 heterocycles. The van der Waals surface area contributed by atoms with Gasteiger partial charge in [-0.25, -0.2) is 4.98 Å². The number of aromatic nitrogens is 4. The number of hydrogen-bond donors (Lipinski definition) is 0. The van der Waals surface area contributed by atoms with Crippen LogP contribution in [-0.2, 0) is 9.59 Å². The molecular formula is C20H15N5O3S. The molecule has 9 heteroatoms. The molecule has 4 rings (SSSR count). The molecule has 0 radical (unpaired) electrons. The fourth-order valence-corrected chi connectivity index (χ4v) is 3.54. The summed E-state index contributed by atoms with van der Waals surface area (Å²) < 4.78 is 9.38. The molecule has 0 aliphatic rings. The molecule has 0 bridgehead atoms. The van der Waals surface area contributed by atoms with Gasteiger partial charge in [-0.15, -0.1) is 0 Å². The van der Waals surface area contributed by atoms with Gasteiger partial charge in [-0.3, -0.25) is 14.4 Å². The van der Waals surface area contributed by atoms with Gasteiger partial charge in [-0.05, 0) is 35.9 Å². The quantitative estimate of drug-likeness (QED) is 0.520. The largest absolute Gasteiger partial charge is 0.281 e. The Labute approximate surface area is 169 Å². The lowest BCUT2D eigenvalue weighted by Crippen LogP contribution is -2.49. The van der Waals surface area contributed by atoms with Crippen molar-refractivity contribution >= 4 is 57.6 Å². The first kappa shape index (κ1) is 18.6. The van der Waals surface area contributed by atoms with Crippen LogP contribution in [0.1, 0.15) is 25.2 Å². The first-order chi connectivity index (χ1) is 14.0. The Balaban J connectivity index is 1.91. The first-order valence-electron chi connectivity index (χ1n) is 8.69. The number of hydrogen-bond acceptors (Lipinski definition) is 7. The SMILES string of the molecule is CC(=O)N(C(C)=O)n1c(/C=C/c2ccc3nsnc3c2)nc2ccccc2c1=O. The zero-order valence-electron chi connectivity index (χ0n) is 15.6. The van der Waals surface area contributed by atoms with Crippen LogP contribution in [0.2, 0.25) is 0 Å². The standard InChI is InChI=1S/C20H15N5O3S/c1-12(26)24(13(2)27)25-19(21-16-6-4-3-5-15(16)20(25)28)10-8-14-7-9-17-18(11-14)23-29-22-17/h3-11H,1-2H3/b10-8+. The number of nitrogens with zero attached hydrogens (tertiary/aromatic N) is 5. The highest BCUT2D eigenvalue weighted by Crippen LogP contribution is 2.16. The number of amides is 2. The number of carbonyl (C=O) groups excluding carboxylic acids is 2. The van der Waals surface area contributed by atoms with Gasteiger partial charge >= 0.3 is 0 Å². The predicted molar refractivity (Wildman–Crippen MR) is 112 cm³/mol.